The maximum atomic E-state index is 6.51. The van der Waals surface area contributed by atoms with Crippen molar-refractivity contribution in [2.45, 2.75) is 63.3 Å². The molecule has 0 bridgehead atoms. The molecule has 0 N–H and O–H groups in total. The van der Waals surface area contributed by atoms with Gasteiger partial charge in [-0.1, -0.05) is 18.2 Å². The van der Waals surface area contributed by atoms with Crippen molar-refractivity contribution in [1.82, 2.24) is 0 Å². The fourth-order valence-corrected chi connectivity index (χ4v) is 4.36. The molecule has 1 aromatic rings. The molecule has 2 heterocycles. The summed E-state index contributed by atoms with van der Waals surface area (Å²) in [5.41, 5.74) is 1.34. The molecule has 2 nitrogen and oxygen atoms in total. The van der Waals surface area contributed by atoms with Gasteiger partial charge in [0.05, 0.1) is 12.2 Å². The number of fused-ring (bicyclic) bond motifs is 4. The Morgan fingerprint density at radius 1 is 1.11 bits per heavy atom. The monoisotopic (exact) mass is 258 g/mol. The van der Waals surface area contributed by atoms with E-state index in [0.29, 0.717) is 12.0 Å². The summed E-state index contributed by atoms with van der Waals surface area (Å²) in [6.07, 6.45) is 8.09. The van der Waals surface area contributed by atoms with Crippen molar-refractivity contribution in [2.24, 2.45) is 5.92 Å². The van der Waals surface area contributed by atoms with Crippen LogP contribution in [0.3, 0.4) is 0 Å². The molecular formula is C17H22O2. The van der Waals surface area contributed by atoms with Crippen LogP contribution in [0.1, 0.15) is 57.1 Å². The molecule has 3 aliphatic rings. The van der Waals surface area contributed by atoms with E-state index in [1.807, 2.05) is 0 Å². The van der Waals surface area contributed by atoms with Gasteiger partial charge in [0, 0.05) is 11.5 Å². The third-order valence-corrected chi connectivity index (χ3v) is 5.29. The first-order chi connectivity index (χ1) is 9.28. The molecule has 1 saturated heterocycles. The summed E-state index contributed by atoms with van der Waals surface area (Å²) in [6, 6.07) is 8.49. The summed E-state index contributed by atoms with van der Waals surface area (Å²) in [5.74, 6) is 1.63. The SMILES string of the molecule is CC1CCC2C(O1)c1ccccc1OC21CCCC1. The van der Waals surface area contributed by atoms with Gasteiger partial charge in [-0.25, -0.2) is 0 Å². The van der Waals surface area contributed by atoms with Gasteiger partial charge in [0.2, 0.25) is 0 Å². The first-order valence-electron chi connectivity index (χ1n) is 7.72. The molecule has 3 atom stereocenters. The minimum atomic E-state index is 0.0686. The highest BCUT2D eigenvalue weighted by Crippen LogP contribution is 2.55. The van der Waals surface area contributed by atoms with Crippen LogP contribution in [0.15, 0.2) is 24.3 Å². The van der Waals surface area contributed by atoms with Crippen molar-refractivity contribution in [3.8, 4) is 5.75 Å². The topological polar surface area (TPSA) is 18.5 Å². The average Bonchev–Trinajstić information content (AvgIpc) is 2.88. The van der Waals surface area contributed by atoms with Crippen LogP contribution in [0.2, 0.25) is 0 Å². The van der Waals surface area contributed by atoms with Crippen LogP contribution in [0.25, 0.3) is 0 Å². The second-order valence-electron chi connectivity index (χ2n) is 6.46. The standard InChI is InChI=1S/C17H22O2/c1-12-8-9-14-16(18-12)13-6-2-3-7-15(13)19-17(14)10-4-5-11-17/h2-3,6-7,12,14,16H,4-5,8-11H2,1H3. The smallest absolute Gasteiger partial charge is 0.125 e. The van der Waals surface area contributed by atoms with Crippen LogP contribution in [-0.4, -0.2) is 11.7 Å². The Hall–Kier alpha value is -1.02. The Morgan fingerprint density at radius 3 is 2.74 bits per heavy atom. The van der Waals surface area contributed by atoms with Gasteiger partial charge in [-0.15, -0.1) is 0 Å². The molecule has 0 radical (unpaired) electrons. The van der Waals surface area contributed by atoms with Crippen molar-refractivity contribution in [1.29, 1.82) is 0 Å². The van der Waals surface area contributed by atoms with E-state index in [0.717, 1.165) is 5.75 Å². The number of rotatable bonds is 0. The van der Waals surface area contributed by atoms with Crippen molar-refractivity contribution >= 4 is 0 Å². The quantitative estimate of drug-likeness (QED) is 0.692. The number of benzene rings is 1. The fourth-order valence-electron chi connectivity index (χ4n) is 4.36. The molecule has 2 fully saturated rings. The van der Waals surface area contributed by atoms with E-state index in [1.165, 1.54) is 44.1 Å². The molecule has 1 spiro atoms. The minimum Gasteiger partial charge on any atom is -0.486 e. The van der Waals surface area contributed by atoms with Gasteiger partial charge in [-0.3, -0.25) is 0 Å². The molecule has 1 aromatic carbocycles. The van der Waals surface area contributed by atoms with E-state index in [-0.39, 0.29) is 11.7 Å². The molecule has 2 aliphatic heterocycles. The molecule has 2 heteroatoms. The summed E-state index contributed by atoms with van der Waals surface area (Å²) >= 11 is 0. The van der Waals surface area contributed by atoms with E-state index in [4.69, 9.17) is 9.47 Å². The number of hydrogen-bond donors (Lipinski definition) is 0. The van der Waals surface area contributed by atoms with E-state index in [9.17, 15) is 0 Å². The van der Waals surface area contributed by atoms with Crippen molar-refractivity contribution < 1.29 is 9.47 Å². The zero-order valence-electron chi connectivity index (χ0n) is 11.6. The number of ether oxygens (including phenoxy) is 2. The molecule has 1 aliphatic carbocycles. The van der Waals surface area contributed by atoms with Gasteiger partial charge in [0.25, 0.3) is 0 Å². The van der Waals surface area contributed by atoms with Crippen LogP contribution in [0, 0.1) is 5.92 Å². The van der Waals surface area contributed by atoms with Gasteiger partial charge in [0.1, 0.15) is 11.4 Å². The highest BCUT2D eigenvalue weighted by Gasteiger charge is 2.53. The second-order valence-corrected chi connectivity index (χ2v) is 6.46. The summed E-state index contributed by atoms with van der Waals surface area (Å²) in [7, 11) is 0. The Kier molecular flexibility index (Phi) is 2.63. The molecule has 3 unspecified atom stereocenters. The normalized spacial score (nSPS) is 35.5. The maximum Gasteiger partial charge on any atom is 0.125 e. The Labute approximate surface area is 115 Å². The van der Waals surface area contributed by atoms with Crippen molar-refractivity contribution in [3.05, 3.63) is 29.8 Å². The Morgan fingerprint density at radius 2 is 1.89 bits per heavy atom. The average molecular weight is 258 g/mol. The predicted molar refractivity (Wildman–Crippen MR) is 74.3 cm³/mol. The van der Waals surface area contributed by atoms with Gasteiger partial charge in [0.15, 0.2) is 0 Å². The van der Waals surface area contributed by atoms with E-state index in [2.05, 4.69) is 31.2 Å². The first kappa shape index (κ1) is 11.8. The predicted octanol–water partition coefficient (Wildman–Crippen LogP) is 4.25. The third-order valence-electron chi connectivity index (χ3n) is 5.29. The molecule has 19 heavy (non-hydrogen) atoms. The van der Waals surface area contributed by atoms with Crippen molar-refractivity contribution in [2.75, 3.05) is 0 Å². The number of para-hydroxylation sites is 1. The highest BCUT2D eigenvalue weighted by molar-refractivity contribution is 5.39. The minimum absolute atomic E-state index is 0.0686. The van der Waals surface area contributed by atoms with Crippen molar-refractivity contribution in [3.63, 3.8) is 0 Å². The lowest BCUT2D eigenvalue weighted by molar-refractivity contribution is -0.153. The first-order valence-corrected chi connectivity index (χ1v) is 7.72. The summed E-state index contributed by atoms with van der Waals surface area (Å²) in [5, 5.41) is 0. The van der Waals surface area contributed by atoms with E-state index in [1.54, 1.807) is 0 Å². The summed E-state index contributed by atoms with van der Waals surface area (Å²) in [6.45, 7) is 2.20. The molecule has 102 valence electrons. The van der Waals surface area contributed by atoms with Crippen LogP contribution >= 0.6 is 0 Å². The lowest BCUT2D eigenvalue weighted by Crippen LogP contribution is -2.50. The summed E-state index contributed by atoms with van der Waals surface area (Å²) in [4.78, 5) is 0. The zero-order chi connectivity index (χ0) is 12.9. The second kappa shape index (κ2) is 4.24. The molecule has 0 amide bonds. The lowest BCUT2D eigenvalue weighted by atomic mass is 9.72. The molecule has 4 rings (SSSR count). The number of hydrogen-bond acceptors (Lipinski definition) is 2. The van der Waals surface area contributed by atoms with E-state index < -0.39 is 0 Å². The summed E-state index contributed by atoms with van der Waals surface area (Å²) < 4.78 is 12.8. The molecule has 0 aromatic heterocycles. The van der Waals surface area contributed by atoms with E-state index >= 15 is 0 Å². The highest BCUT2D eigenvalue weighted by atomic mass is 16.5. The van der Waals surface area contributed by atoms with Gasteiger partial charge in [-0.05, 0) is 51.5 Å². The van der Waals surface area contributed by atoms with Crippen LogP contribution in [0.5, 0.6) is 5.75 Å². The third kappa shape index (κ3) is 1.73. The molecular weight excluding hydrogens is 236 g/mol. The van der Waals surface area contributed by atoms with Crippen LogP contribution in [-0.2, 0) is 4.74 Å². The van der Waals surface area contributed by atoms with Crippen LogP contribution < -0.4 is 4.74 Å². The maximum absolute atomic E-state index is 6.51. The van der Waals surface area contributed by atoms with Gasteiger partial charge < -0.3 is 9.47 Å². The molecule has 1 saturated carbocycles. The Balaban J connectivity index is 1.80. The zero-order valence-corrected chi connectivity index (χ0v) is 11.6. The largest absolute Gasteiger partial charge is 0.486 e. The fraction of sp³-hybridized carbons (Fsp3) is 0.647. The van der Waals surface area contributed by atoms with Gasteiger partial charge in [-0.2, -0.15) is 0 Å². The lowest BCUT2D eigenvalue weighted by Gasteiger charge is -2.50. The van der Waals surface area contributed by atoms with Crippen LogP contribution in [0.4, 0.5) is 0 Å². The van der Waals surface area contributed by atoms with Gasteiger partial charge >= 0.3 is 0 Å². The Bertz CT molecular complexity index is 476.